The predicted octanol–water partition coefficient (Wildman–Crippen LogP) is 2.05. The second-order valence-corrected chi connectivity index (χ2v) is 4.74. The van der Waals surface area contributed by atoms with Crippen LogP contribution in [0.25, 0.3) is 0 Å². The van der Waals surface area contributed by atoms with Crippen molar-refractivity contribution in [1.82, 2.24) is 10.3 Å². The number of nitrogens with two attached hydrogens (primary N) is 1. The van der Waals surface area contributed by atoms with E-state index in [9.17, 15) is 4.79 Å². The number of carbonyl (C=O) groups is 1. The molecule has 0 atom stereocenters. The first-order valence-corrected chi connectivity index (χ1v) is 6.78. The van der Waals surface area contributed by atoms with Gasteiger partial charge >= 0.3 is 0 Å². The Morgan fingerprint density at radius 2 is 2.37 bits per heavy atom. The summed E-state index contributed by atoms with van der Waals surface area (Å²) in [6.07, 6.45) is 1.70. The van der Waals surface area contributed by atoms with Gasteiger partial charge in [-0.2, -0.15) is 0 Å². The van der Waals surface area contributed by atoms with E-state index in [0.29, 0.717) is 30.2 Å². The van der Waals surface area contributed by atoms with Gasteiger partial charge in [-0.15, -0.1) is 11.3 Å². The van der Waals surface area contributed by atoms with E-state index in [1.807, 2.05) is 12.3 Å². The van der Waals surface area contributed by atoms with Gasteiger partial charge in [-0.3, -0.25) is 4.79 Å². The van der Waals surface area contributed by atoms with Crippen molar-refractivity contribution in [2.24, 2.45) is 0 Å². The molecule has 3 N–H and O–H groups in total. The minimum absolute atomic E-state index is 0.253. The Labute approximate surface area is 115 Å². The van der Waals surface area contributed by atoms with Gasteiger partial charge in [-0.05, 0) is 19.1 Å². The number of nitrogen functional groups attached to an aromatic ring is 1. The number of nitrogens with one attached hydrogen (secondary N) is 1. The average Bonchev–Trinajstić information content (AvgIpc) is 2.90. The second kappa shape index (κ2) is 6.19. The monoisotopic (exact) mass is 277 g/mol. The molecule has 0 saturated heterocycles. The number of aromatic nitrogens is 1. The lowest BCUT2D eigenvalue weighted by Crippen LogP contribution is -2.24. The van der Waals surface area contributed by atoms with Crippen LogP contribution < -0.4 is 15.8 Å². The highest BCUT2D eigenvalue weighted by Crippen LogP contribution is 2.24. The zero-order valence-corrected chi connectivity index (χ0v) is 11.4. The third kappa shape index (κ3) is 3.23. The van der Waals surface area contributed by atoms with Crippen LogP contribution >= 0.6 is 11.3 Å². The van der Waals surface area contributed by atoms with Gasteiger partial charge in [-0.1, -0.05) is 6.07 Å². The molecular formula is C13H15N3O2S. The molecule has 6 heteroatoms. The molecular weight excluding hydrogens is 262 g/mol. The molecule has 1 heterocycles. The summed E-state index contributed by atoms with van der Waals surface area (Å²) in [4.78, 5) is 16.3. The second-order valence-electron chi connectivity index (χ2n) is 3.76. The van der Waals surface area contributed by atoms with E-state index in [2.05, 4.69) is 10.3 Å². The van der Waals surface area contributed by atoms with Gasteiger partial charge in [0, 0.05) is 17.3 Å². The normalized spacial score (nSPS) is 10.2. The van der Waals surface area contributed by atoms with Crippen molar-refractivity contribution in [2.75, 3.05) is 12.3 Å². The highest BCUT2D eigenvalue weighted by atomic mass is 32.1. The summed E-state index contributed by atoms with van der Waals surface area (Å²) in [5.74, 6) is 0.246. The van der Waals surface area contributed by atoms with Crippen LogP contribution in [0.3, 0.4) is 0 Å². The molecule has 0 aliphatic rings. The summed E-state index contributed by atoms with van der Waals surface area (Å²) < 4.78 is 5.42. The van der Waals surface area contributed by atoms with Gasteiger partial charge in [-0.25, -0.2) is 4.98 Å². The SMILES string of the molecule is CCOc1cccc(N)c1C(=O)NCc1nccs1. The van der Waals surface area contributed by atoms with Crippen molar-refractivity contribution in [3.8, 4) is 5.75 Å². The lowest BCUT2D eigenvalue weighted by Gasteiger charge is -2.12. The maximum absolute atomic E-state index is 12.2. The number of amides is 1. The quantitative estimate of drug-likeness (QED) is 0.820. The predicted molar refractivity (Wildman–Crippen MR) is 75.3 cm³/mol. The minimum Gasteiger partial charge on any atom is -0.493 e. The molecule has 0 radical (unpaired) electrons. The van der Waals surface area contributed by atoms with Crippen LogP contribution in [0.5, 0.6) is 5.75 Å². The third-order valence-electron chi connectivity index (χ3n) is 2.47. The number of thiazole rings is 1. The number of hydrogen-bond donors (Lipinski definition) is 2. The smallest absolute Gasteiger partial charge is 0.257 e. The maximum Gasteiger partial charge on any atom is 0.257 e. The first-order valence-electron chi connectivity index (χ1n) is 5.90. The van der Waals surface area contributed by atoms with Crippen LogP contribution in [0.15, 0.2) is 29.8 Å². The van der Waals surface area contributed by atoms with Crippen molar-refractivity contribution in [3.63, 3.8) is 0 Å². The molecule has 0 aliphatic heterocycles. The van der Waals surface area contributed by atoms with Crippen molar-refractivity contribution < 1.29 is 9.53 Å². The molecule has 1 aromatic carbocycles. The highest BCUT2D eigenvalue weighted by molar-refractivity contribution is 7.09. The van der Waals surface area contributed by atoms with E-state index in [-0.39, 0.29) is 5.91 Å². The Hall–Kier alpha value is -2.08. The highest BCUT2D eigenvalue weighted by Gasteiger charge is 2.15. The Morgan fingerprint density at radius 3 is 3.05 bits per heavy atom. The fourth-order valence-electron chi connectivity index (χ4n) is 1.65. The first-order chi connectivity index (χ1) is 9.22. The van der Waals surface area contributed by atoms with Crippen LogP contribution in [0.1, 0.15) is 22.3 Å². The first kappa shape index (κ1) is 13.4. The summed E-state index contributed by atoms with van der Waals surface area (Å²) in [6.45, 7) is 2.73. The van der Waals surface area contributed by atoms with Crippen molar-refractivity contribution in [3.05, 3.63) is 40.3 Å². The van der Waals surface area contributed by atoms with Crippen LogP contribution in [0, 0.1) is 0 Å². The molecule has 19 heavy (non-hydrogen) atoms. The van der Waals surface area contributed by atoms with Crippen LogP contribution in [0.4, 0.5) is 5.69 Å². The molecule has 100 valence electrons. The molecule has 2 rings (SSSR count). The fraction of sp³-hybridized carbons (Fsp3) is 0.231. The minimum atomic E-state index is -0.253. The molecule has 0 saturated carbocycles. The Morgan fingerprint density at radius 1 is 1.53 bits per heavy atom. The molecule has 5 nitrogen and oxygen atoms in total. The summed E-state index contributed by atoms with van der Waals surface area (Å²) >= 11 is 1.49. The Bertz CT molecular complexity index is 555. The Balaban J connectivity index is 2.13. The fourth-order valence-corrected chi connectivity index (χ4v) is 2.21. The molecule has 0 bridgehead atoms. The number of ether oxygens (including phenoxy) is 1. The maximum atomic E-state index is 12.2. The van der Waals surface area contributed by atoms with E-state index in [0.717, 1.165) is 5.01 Å². The average molecular weight is 277 g/mol. The lowest BCUT2D eigenvalue weighted by molar-refractivity contribution is 0.0948. The van der Waals surface area contributed by atoms with E-state index in [1.165, 1.54) is 11.3 Å². The van der Waals surface area contributed by atoms with Gasteiger partial charge < -0.3 is 15.8 Å². The van der Waals surface area contributed by atoms with Crippen LogP contribution in [-0.2, 0) is 6.54 Å². The summed E-state index contributed by atoms with van der Waals surface area (Å²) in [5.41, 5.74) is 6.63. The zero-order valence-electron chi connectivity index (χ0n) is 10.6. The van der Waals surface area contributed by atoms with Crippen LogP contribution in [0.2, 0.25) is 0 Å². The summed E-state index contributed by atoms with van der Waals surface area (Å²) in [7, 11) is 0. The van der Waals surface area contributed by atoms with E-state index in [4.69, 9.17) is 10.5 Å². The molecule has 1 amide bonds. The zero-order chi connectivity index (χ0) is 13.7. The number of nitrogens with zero attached hydrogens (tertiary/aromatic N) is 1. The number of anilines is 1. The van der Waals surface area contributed by atoms with Gasteiger partial charge in [0.1, 0.15) is 16.3 Å². The standard InChI is InChI=1S/C13H15N3O2S/c1-2-18-10-5-3-4-9(14)12(10)13(17)16-8-11-15-6-7-19-11/h3-7H,2,8,14H2,1H3,(H,16,17). The number of hydrogen-bond acceptors (Lipinski definition) is 5. The van der Waals surface area contributed by atoms with E-state index < -0.39 is 0 Å². The molecule has 2 aromatic rings. The van der Waals surface area contributed by atoms with E-state index >= 15 is 0 Å². The van der Waals surface area contributed by atoms with Crippen molar-refractivity contribution >= 4 is 22.9 Å². The summed E-state index contributed by atoms with van der Waals surface area (Å²) in [6, 6.07) is 5.18. The number of carbonyl (C=O) groups excluding carboxylic acids is 1. The molecule has 0 spiro atoms. The Kier molecular flexibility index (Phi) is 4.35. The number of benzene rings is 1. The molecule has 0 fully saturated rings. The molecule has 1 aromatic heterocycles. The van der Waals surface area contributed by atoms with Gasteiger partial charge in [0.2, 0.25) is 0 Å². The molecule has 0 aliphatic carbocycles. The largest absolute Gasteiger partial charge is 0.493 e. The topological polar surface area (TPSA) is 77.2 Å². The van der Waals surface area contributed by atoms with Crippen molar-refractivity contribution in [1.29, 1.82) is 0 Å². The van der Waals surface area contributed by atoms with Crippen LogP contribution in [-0.4, -0.2) is 17.5 Å². The molecule has 0 unspecified atom stereocenters. The van der Waals surface area contributed by atoms with Gasteiger partial charge in [0.25, 0.3) is 5.91 Å². The summed E-state index contributed by atoms with van der Waals surface area (Å²) in [5, 5.41) is 5.50. The van der Waals surface area contributed by atoms with Gasteiger partial charge in [0.15, 0.2) is 0 Å². The van der Waals surface area contributed by atoms with Crippen molar-refractivity contribution in [2.45, 2.75) is 13.5 Å². The lowest BCUT2D eigenvalue weighted by atomic mass is 10.1. The number of rotatable bonds is 5. The van der Waals surface area contributed by atoms with Gasteiger partial charge in [0.05, 0.1) is 13.2 Å². The third-order valence-corrected chi connectivity index (χ3v) is 3.25. The van der Waals surface area contributed by atoms with E-state index in [1.54, 1.807) is 24.4 Å².